The summed E-state index contributed by atoms with van der Waals surface area (Å²) in [4.78, 5) is 12.1. The molecule has 0 aliphatic rings. The zero-order valence-electron chi connectivity index (χ0n) is 12.5. The highest BCUT2D eigenvalue weighted by Crippen LogP contribution is 2.29. The van der Waals surface area contributed by atoms with Crippen molar-refractivity contribution in [3.05, 3.63) is 41.3 Å². The third kappa shape index (κ3) is 3.34. The summed E-state index contributed by atoms with van der Waals surface area (Å²) >= 11 is 0. The highest BCUT2D eigenvalue weighted by Gasteiger charge is 2.18. The van der Waals surface area contributed by atoms with Gasteiger partial charge in [-0.15, -0.1) is 0 Å². The number of hydrogen-bond acceptors (Lipinski definition) is 5. The normalized spacial score (nSPS) is 11.8. The highest BCUT2D eigenvalue weighted by atomic mass is 16.5. The second-order valence-corrected chi connectivity index (χ2v) is 4.64. The van der Waals surface area contributed by atoms with Gasteiger partial charge in [-0.05, 0) is 26.0 Å². The first-order chi connectivity index (χ1) is 10.0. The van der Waals surface area contributed by atoms with Crippen molar-refractivity contribution in [3.8, 4) is 11.5 Å². The second-order valence-electron chi connectivity index (χ2n) is 4.64. The number of benzene rings is 1. The number of methoxy groups -OCH3 is 2. The van der Waals surface area contributed by atoms with Crippen molar-refractivity contribution in [3.63, 3.8) is 0 Å². The van der Waals surface area contributed by atoms with E-state index in [0.29, 0.717) is 17.2 Å². The van der Waals surface area contributed by atoms with E-state index >= 15 is 0 Å². The fourth-order valence-electron chi connectivity index (χ4n) is 1.99. The van der Waals surface area contributed by atoms with Crippen LogP contribution in [0.25, 0.3) is 0 Å². The van der Waals surface area contributed by atoms with Crippen LogP contribution in [-0.2, 0) is 0 Å². The Hall–Kier alpha value is -2.50. The zero-order valence-corrected chi connectivity index (χ0v) is 12.5. The number of nitrogens with one attached hydrogen (secondary N) is 1. The molecule has 0 aliphatic heterocycles. The molecule has 0 saturated heterocycles. The SMILES string of the molecule is COc1ccc(C(C)NC(=O)c2cc(C)no2)c(OC)c1. The Morgan fingerprint density at radius 1 is 1.29 bits per heavy atom. The molecule has 21 heavy (non-hydrogen) atoms. The molecule has 0 aliphatic carbocycles. The van der Waals surface area contributed by atoms with Gasteiger partial charge in [0.15, 0.2) is 0 Å². The van der Waals surface area contributed by atoms with Gasteiger partial charge in [0.2, 0.25) is 5.76 Å². The predicted octanol–water partition coefficient (Wildman–Crippen LogP) is 2.49. The van der Waals surface area contributed by atoms with Gasteiger partial charge in [-0.1, -0.05) is 5.16 Å². The maximum Gasteiger partial charge on any atom is 0.290 e. The molecular weight excluding hydrogens is 272 g/mol. The lowest BCUT2D eigenvalue weighted by Gasteiger charge is -2.17. The molecule has 0 spiro atoms. The molecule has 1 N–H and O–H groups in total. The monoisotopic (exact) mass is 290 g/mol. The van der Waals surface area contributed by atoms with E-state index in [1.807, 2.05) is 19.1 Å². The van der Waals surface area contributed by atoms with E-state index in [1.165, 1.54) is 0 Å². The number of ether oxygens (including phenoxy) is 2. The molecule has 6 heteroatoms. The smallest absolute Gasteiger partial charge is 0.290 e. The molecule has 0 fully saturated rings. The summed E-state index contributed by atoms with van der Waals surface area (Å²) in [6.07, 6.45) is 0. The van der Waals surface area contributed by atoms with E-state index in [4.69, 9.17) is 14.0 Å². The Morgan fingerprint density at radius 3 is 2.62 bits per heavy atom. The fourth-order valence-corrected chi connectivity index (χ4v) is 1.99. The van der Waals surface area contributed by atoms with Gasteiger partial charge in [0.05, 0.1) is 26.0 Å². The van der Waals surface area contributed by atoms with Gasteiger partial charge in [-0.3, -0.25) is 4.79 Å². The van der Waals surface area contributed by atoms with Crippen LogP contribution in [0.5, 0.6) is 11.5 Å². The standard InChI is InChI=1S/C15H18N2O4/c1-9-7-14(21-17-9)15(18)16-10(2)12-6-5-11(19-3)8-13(12)20-4/h5-8,10H,1-4H3,(H,16,18). The molecule has 1 amide bonds. The molecule has 112 valence electrons. The van der Waals surface area contributed by atoms with Gasteiger partial charge in [-0.25, -0.2) is 0 Å². The van der Waals surface area contributed by atoms with E-state index in [0.717, 1.165) is 5.56 Å². The number of rotatable bonds is 5. The predicted molar refractivity (Wildman–Crippen MR) is 76.7 cm³/mol. The van der Waals surface area contributed by atoms with Crippen molar-refractivity contribution < 1.29 is 18.8 Å². The number of amides is 1. The van der Waals surface area contributed by atoms with Crippen molar-refractivity contribution in [1.29, 1.82) is 0 Å². The van der Waals surface area contributed by atoms with Crippen LogP contribution < -0.4 is 14.8 Å². The van der Waals surface area contributed by atoms with Crippen LogP contribution in [-0.4, -0.2) is 25.3 Å². The summed E-state index contributed by atoms with van der Waals surface area (Å²) in [5.74, 6) is 1.21. The van der Waals surface area contributed by atoms with Crippen LogP contribution in [0.4, 0.5) is 0 Å². The van der Waals surface area contributed by atoms with Gasteiger partial charge in [0, 0.05) is 17.7 Å². The minimum atomic E-state index is -0.319. The lowest BCUT2D eigenvalue weighted by atomic mass is 10.1. The van der Waals surface area contributed by atoms with Crippen molar-refractivity contribution in [2.24, 2.45) is 0 Å². The maximum atomic E-state index is 12.1. The molecular formula is C15H18N2O4. The first kappa shape index (κ1) is 14.9. The Labute approximate surface area is 123 Å². The summed E-state index contributed by atoms with van der Waals surface area (Å²) in [5, 5.41) is 6.54. The lowest BCUT2D eigenvalue weighted by Crippen LogP contribution is -2.26. The highest BCUT2D eigenvalue weighted by molar-refractivity contribution is 5.91. The molecule has 1 aromatic heterocycles. The number of carbonyl (C=O) groups is 1. The quantitative estimate of drug-likeness (QED) is 0.915. The maximum absolute atomic E-state index is 12.1. The summed E-state index contributed by atoms with van der Waals surface area (Å²) in [6, 6.07) is 6.79. The van der Waals surface area contributed by atoms with Crippen LogP contribution in [0.3, 0.4) is 0 Å². The van der Waals surface area contributed by atoms with Crippen LogP contribution >= 0.6 is 0 Å². The van der Waals surface area contributed by atoms with Crippen LogP contribution in [0.15, 0.2) is 28.8 Å². The van der Waals surface area contributed by atoms with Crippen LogP contribution in [0, 0.1) is 6.92 Å². The largest absolute Gasteiger partial charge is 0.497 e. The molecule has 1 heterocycles. The first-order valence-corrected chi connectivity index (χ1v) is 6.51. The summed E-state index contributed by atoms with van der Waals surface area (Å²) in [5.41, 5.74) is 1.51. The lowest BCUT2D eigenvalue weighted by molar-refractivity contribution is 0.0902. The Bertz CT molecular complexity index is 636. The average molecular weight is 290 g/mol. The van der Waals surface area contributed by atoms with Crippen molar-refractivity contribution in [1.82, 2.24) is 10.5 Å². The molecule has 0 saturated carbocycles. The van der Waals surface area contributed by atoms with Crippen LogP contribution in [0.2, 0.25) is 0 Å². The van der Waals surface area contributed by atoms with E-state index < -0.39 is 0 Å². The number of hydrogen-bond donors (Lipinski definition) is 1. The molecule has 0 radical (unpaired) electrons. The Morgan fingerprint density at radius 2 is 2.05 bits per heavy atom. The van der Waals surface area contributed by atoms with E-state index in [-0.39, 0.29) is 17.7 Å². The number of carbonyl (C=O) groups excluding carboxylic acids is 1. The molecule has 2 aromatic rings. The van der Waals surface area contributed by atoms with Gasteiger partial charge in [0.25, 0.3) is 5.91 Å². The topological polar surface area (TPSA) is 73.6 Å². The van der Waals surface area contributed by atoms with Gasteiger partial charge in [-0.2, -0.15) is 0 Å². The van der Waals surface area contributed by atoms with Crippen molar-refractivity contribution in [2.45, 2.75) is 19.9 Å². The molecule has 1 aromatic carbocycles. The average Bonchev–Trinajstić information content (AvgIpc) is 2.93. The van der Waals surface area contributed by atoms with Crippen molar-refractivity contribution >= 4 is 5.91 Å². The minimum absolute atomic E-state index is 0.187. The fraction of sp³-hybridized carbons (Fsp3) is 0.333. The first-order valence-electron chi connectivity index (χ1n) is 6.51. The molecule has 2 rings (SSSR count). The van der Waals surface area contributed by atoms with Gasteiger partial charge in [0.1, 0.15) is 11.5 Å². The van der Waals surface area contributed by atoms with E-state index in [2.05, 4.69) is 10.5 Å². The third-order valence-electron chi connectivity index (χ3n) is 3.11. The van der Waals surface area contributed by atoms with Gasteiger partial charge < -0.3 is 19.3 Å². The van der Waals surface area contributed by atoms with Crippen LogP contribution in [0.1, 0.15) is 34.8 Å². The summed E-state index contributed by atoms with van der Waals surface area (Å²) in [7, 11) is 3.17. The molecule has 6 nitrogen and oxygen atoms in total. The summed E-state index contributed by atoms with van der Waals surface area (Å²) < 4.78 is 15.4. The molecule has 1 unspecified atom stereocenters. The van der Waals surface area contributed by atoms with E-state index in [1.54, 1.807) is 33.3 Å². The Balaban J connectivity index is 2.16. The second kappa shape index (κ2) is 6.30. The summed E-state index contributed by atoms with van der Waals surface area (Å²) in [6.45, 7) is 3.63. The zero-order chi connectivity index (χ0) is 15.4. The third-order valence-corrected chi connectivity index (χ3v) is 3.11. The number of aromatic nitrogens is 1. The molecule has 0 bridgehead atoms. The molecule has 1 atom stereocenters. The minimum Gasteiger partial charge on any atom is -0.497 e. The van der Waals surface area contributed by atoms with Gasteiger partial charge >= 0.3 is 0 Å². The van der Waals surface area contributed by atoms with E-state index in [9.17, 15) is 4.79 Å². The number of aryl methyl sites for hydroxylation is 1. The van der Waals surface area contributed by atoms with Crippen molar-refractivity contribution in [2.75, 3.05) is 14.2 Å². The number of nitrogens with zero attached hydrogens (tertiary/aromatic N) is 1. The Kier molecular flexibility index (Phi) is 4.47.